The van der Waals surface area contributed by atoms with Crippen LogP contribution in [0.5, 0.6) is 34.5 Å². The highest BCUT2D eigenvalue weighted by atomic mass is 32.2. The zero-order valence-electron chi connectivity index (χ0n) is 28.7. The molecule has 0 spiro atoms. The van der Waals surface area contributed by atoms with E-state index in [2.05, 4.69) is 0 Å². The van der Waals surface area contributed by atoms with Gasteiger partial charge in [0, 0.05) is 11.1 Å². The molecule has 0 saturated carbocycles. The molecule has 12 nitrogen and oxygen atoms in total. The van der Waals surface area contributed by atoms with Gasteiger partial charge in [-0.05, 0) is 47.5 Å². The molecule has 0 bridgehead atoms. The minimum absolute atomic E-state index is 0.142. The van der Waals surface area contributed by atoms with Gasteiger partial charge in [-0.2, -0.15) is 0 Å². The molecule has 2 atom stereocenters. The van der Waals surface area contributed by atoms with Crippen molar-refractivity contribution in [3.63, 3.8) is 0 Å². The molecule has 4 N–H and O–H groups in total. The Bertz CT molecular complexity index is 1840. The number of thioether (sulfide) groups is 1. The van der Waals surface area contributed by atoms with Crippen molar-refractivity contribution in [2.75, 3.05) is 42.7 Å². The summed E-state index contributed by atoms with van der Waals surface area (Å²) >= 11 is 1.37. The minimum Gasteiger partial charge on any atom is -0.493 e. The Morgan fingerprint density at radius 1 is 0.510 bits per heavy atom. The SMILES string of the molecule is COc1ccc(C(C=Cc2ccccc2P(=O)(O)O)SC(C=Cc2ccccc2P(=O)(O)O)c2ccc(OC)c(OC)c2OC)c(OC)c1OC. The number of ether oxygens (including phenoxy) is 6. The van der Waals surface area contributed by atoms with Crippen molar-refractivity contribution in [3.05, 3.63) is 107 Å². The van der Waals surface area contributed by atoms with Gasteiger partial charge in [-0.1, -0.05) is 60.7 Å². The van der Waals surface area contributed by atoms with Crippen LogP contribution in [-0.2, 0) is 9.13 Å². The van der Waals surface area contributed by atoms with E-state index >= 15 is 0 Å². The largest absolute Gasteiger partial charge is 0.493 e. The molecular weight excluding hydrogens is 718 g/mol. The zero-order chi connectivity index (χ0) is 37.3. The first-order valence-corrected chi connectivity index (χ1v) is 19.4. The monoisotopic (exact) mass is 758 g/mol. The van der Waals surface area contributed by atoms with Crippen molar-refractivity contribution in [3.8, 4) is 34.5 Å². The predicted octanol–water partition coefficient (Wildman–Crippen LogP) is 6.29. The Morgan fingerprint density at radius 3 is 1.18 bits per heavy atom. The van der Waals surface area contributed by atoms with Crippen LogP contribution in [0.1, 0.15) is 32.8 Å². The van der Waals surface area contributed by atoms with Crippen LogP contribution in [-0.4, -0.2) is 62.2 Å². The Balaban J connectivity index is 2.01. The van der Waals surface area contributed by atoms with E-state index in [-0.39, 0.29) is 10.6 Å². The second kappa shape index (κ2) is 17.4. The quantitative estimate of drug-likeness (QED) is 0.0942. The number of methoxy groups -OCH3 is 6. The third kappa shape index (κ3) is 9.19. The van der Waals surface area contributed by atoms with Crippen LogP contribution in [0.4, 0.5) is 0 Å². The Labute approximate surface area is 301 Å². The van der Waals surface area contributed by atoms with Gasteiger partial charge in [0.1, 0.15) is 0 Å². The van der Waals surface area contributed by atoms with E-state index in [1.807, 2.05) is 0 Å². The molecule has 2 unspecified atom stereocenters. The van der Waals surface area contributed by atoms with E-state index in [4.69, 9.17) is 28.4 Å². The van der Waals surface area contributed by atoms with Crippen molar-refractivity contribution in [2.45, 2.75) is 10.5 Å². The van der Waals surface area contributed by atoms with Gasteiger partial charge in [-0.15, -0.1) is 11.8 Å². The smallest absolute Gasteiger partial charge is 0.356 e. The van der Waals surface area contributed by atoms with Crippen molar-refractivity contribution in [1.82, 2.24) is 0 Å². The topological polar surface area (TPSA) is 170 Å². The highest BCUT2D eigenvalue weighted by molar-refractivity contribution is 8.00. The second-order valence-corrected chi connectivity index (χ2v) is 15.2. The summed E-state index contributed by atoms with van der Waals surface area (Å²) < 4.78 is 58.9. The normalized spacial score (nSPS) is 13.2. The standard InChI is InChI=1S/C36H40O12P2S/c1-43-27-19-17-25(33(45-3)35(27)47-5)31(21-15-23-11-7-9-13-29(23)49(37,38)39)51-32(22-16-24-12-8-10-14-30(24)50(40,41)42)26-18-20-28(44-2)36(48-6)34(26)46-4/h7-22,31-32H,1-6H3,(H2,37,38,39)(H2,40,41,42). The van der Waals surface area contributed by atoms with Gasteiger partial charge >= 0.3 is 15.2 Å². The second-order valence-electron chi connectivity index (χ2n) is 10.7. The Morgan fingerprint density at radius 2 is 0.863 bits per heavy atom. The van der Waals surface area contributed by atoms with Crippen molar-refractivity contribution < 1.29 is 57.1 Å². The molecule has 0 aliphatic heterocycles. The molecule has 51 heavy (non-hydrogen) atoms. The summed E-state index contributed by atoms with van der Waals surface area (Å²) in [6, 6.07) is 19.4. The molecule has 0 fully saturated rings. The Kier molecular flexibility index (Phi) is 13.5. The van der Waals surface area contributed by atoms with Crippen LogP contribution in [0, 0.1) is 0 Å². The lowest BCUT2D eigenvalue weighted by atomic mass is 10.1. The molecule has 0 amide bonds. The minimum atomic E-state index is -4.63. The molecular formula is C36H40O12P2S. The van der Waals surface area contributed by atoms with Crippen LogP contribution in [0.15, 0.2) is 84.9 Å². The third-order valence-corrected chi connectivity index (χ3v) is 11.3. The maximum absolute atomic E-state index is 12.4. The molecule has 4 aromatic carbocycles. The lowest BCUT2D eigenvalue weighted by Gasteiger charge is -2.25. The highest BCUT2D eigenvalue weighted by Gasteiger charge is 2.29. The van der Waals surface area contributed by atoms with Crippen LogP contribution < -0.4 is 39.0 Å². The first-order valence-electron chi connectivity index (χ1n) is 15.2. The van der Waals surface area contributed by atoms with E-state index in [0.717, 1.165) is 0 Å². The molecule has 0 aliphatic carbocycles. The molecule has 0 aliphatic rings. The van der Waals surface area contributed by atoms with Crippen LogP contribution in [0.25, 0.3) is 12.2 Å². The van der Waals surface area contributed by atoms with Gasteiger partial charge in [0.15, 0.2) is 23.0 Å². The van der Waals surface area contributed by atoms with Crippen LogP contribution in [0.2, 0.25) is 0 Å². The van der Waals surface area contributed by atoms with E-state index in [1.54, 1.807) is 85.0 Å². The summed E-state index contributed by atoms with van der Waals surface area (Å²) in [7, 11) is -0.310. The van der Waals surface area contributed by atoms with Crippen LogP contribution in [0.3, 0.4) is 0 Å². The summed E-state index contributed by atoms with van der Waals surface area (Å²) in [4.78, 5) is 40.3. The average molecular weight is 759 g/mol. The van der Waals surface area contributed by atoms with Crippen molar-refractivity contribution >= 4 is 49.7 Å². The molecule has 0 saturated heterocycles. The van der Waals surface area contributed by atoms with Crippen LogP contribution >= 0.6 is 27.0 Å². The van der Waals surface area contributed by atoms with Gasteiger partial charge in [0.2, 0.25) is 11.5 Å². The molecule has 0 radical (unpaired) electrons. The summed E-state index contributed by atoms with van der Waals surface area (Å²) in [6.07, 6.45) is 6.80. The first kappa shape index (κ1) is 39.6. The average Bonchev–Trinajstić information content (AvgIpc) is 3.12. The summed E-state index contributed by atoms with van der Waals surface area (Å²) in [5, 5.41) is -1.52. The van der Waals surface area contributed by atoms with Gasteiger partial charge in [0.05, 0.1) is 63.8 Å². The summed E-state index contributed by atoms with van der Waals surface area (Å²) in [5.74, 6) is 2.22. The molecule has 0 aromatic heterocycles. The lowest BCUT2D eigenvalue weighted by Crippen LogP contribution is -2.08. The van der Waals surface area contributed by atoms with Crippen molar-refractivity contribution in [1.29, 1.82) is 0 Å². The fourth-order valence-corrected chi connectivity index (χ4v) is 8.32. The van der Waals surface area contributed by atoms with Gasteiger partial charge in [-0.25, -0.2) is 0 Å². The van der Waals surface area contributed by atoms with E-state index in [0.29, 0.717) is 56.8 Å². The zero-order valence-corrected chi connectivity index (χ0v) is 31.4. The first-order chi connectivity index (χ1) is 24.3. The molecule has 4 aromatic rings. The third-order valence-electron chi connectivity index (χ3n) is 7.78. The van der Waals surface area contributed by atoms with Gasteiger partial charge in [-0.3, -0.25) is 9.13 Å². The van der Waals surface area contributed by atoms with Crippen molar-refractivity contribution in [2.24, 2.45) is 0 Å². The maximum Gasteiger partial charge on any atom is 0.356 e. The van der Waals surface area contributed by atoms with E-state index < -0.39 is 25.7 Å². The molecule has 4 rings (SSSR count). The summed E-state index contributed by atoms with van der Waals surface area (Å²) in [6.45, 7) is 0. The Hall–Kier alpha value is -4.19. The maximum atomic E-state index is 12.4. The number of benzene rings is 4. The fourth-order valence-electron chi connectivity index (χ4n) is 5.47. The van der Waals surface area contributed by atoms with Gasteiger partial charge in [0.25, 0.3) is 0 Å². The summed E-state index contributed by atoms with van der Waals surface area (Å²) in [5.41, 5.74) is 1.86. The van der Waals surface area contributed by atoms with Gasteiger partial charge < -0.3 is 48.0 Å². The highest BCUT2D eigenvalue weighted by Crippen LogP contribution is 2.53. The number of rotatable bonds is 16. The van der Waals surface area contributed by atoms with E-state index in [1.165, 1.54) is 66.6 Å². The fraction of sp³-hybridized carbons (Fsp3) is 0.222. The molecule has 272 valence electrons. The lowest BCUT2D eigenvalue weighted by molar-refractivity contribution is 0.322. The predicted molar refractivity (Wildman–Crippen MR) is 200 cm³/mol. The van der Waals surface area contributed by atoms with E-state index in [9.17, 15) is 28.7 Å². The number of hydrogen-bond acceptors (Lipinski definition) is 9. The number of hydrogen-bond donors (Lipinski definition) is 4. The molecule has 15 heteroatoms. The molecule has 0 heterocycles.